The summed E-state index contributed by atoms with van der Waals surface area (Å²) >= 11 is 0. The van der Waals surface area contributed by atoms with E-state index in [-0.39, 0.29) is 6.61 Å². The van der Waals surface area contributed by atoms with Crippen LogP contribution in [0.5, 0.6) is 0 Å². The largest absolute Gasteiger partial charge is 0.390 e. The molecule has 0 spiro atoms. The van der Waals surface area contributed by atoms with E-state index in [4.69, 9.17) is 0 Å². The molecule has 2 aromatic heterocycles. The third-order valence-corrected chi connectivity index (χ3v) is 3.42. The minimum atomic E-state index is -0.158. The molecule has 0 fully saturated rings. The summed E-state index contributed by atoms with van der Waals surface area (Å²) in [6, 6.07) is 9.97. The normalized spacial score (nSPS) is 10.8. The lowest BCUT2D eigenvalue weighted by Gasteiger charge is -2.11. The topological polar surface area (TPSA) is 63.8 Å². The fraction of sp³-hybridized carbons (Fsp3) is 0.188. The van der Waals surface area contributed by atoms with Crippen LogP contribution in [0, 0.1) is 13.8 Å². The average molecular weight is 280 g/mol. The average Bonchev–Trinajstić information content (AvgIpc) is 2.94. The molecule has 3 aromatic rings. The number of benzene rings is 1. The predicted octanol–water partition coefficient (Wildman–Crippen LogP) is 2.44. The predicted molar refractivity (Wildman–Crippen MR) is 80.0 cm³/mol. The zero-order valence-corrected chi connectivity index (χ0v) is 12.0. The molecule has 0 amide bonds. The minimum Gasteiger partial charge on any atom is -0.390 e. The highest BCUT2D eigenvalue weighted by Crippen LogP contribution is 2.26. The van der Waals surface area contributed by atoms with Crippen LogP contribution in [-0.4, -0.2) is 25.1 Å². The van der Waals surface area contributed by atoms with Gasteiger partial charge in [0.2, 0.25) is 0 Å². The van der Waals surface area contributed by atoms with E-state index in [1.165, 1.54) is 0 Å². The maximum absolute atomic E-state index is 9.53. The SMILES string of the molecule is Cc1ccc(C)c(-n2nnc(CO)c2-c2cccnc2)c1. The number of aromatic nitrogens is 4. The van der Waals surface area contributed by atoms with Crippen LogP contribution in [0.15, 0.2) is 42.7 Å². The van der Waals surface area contributed by atoms with E-state index in [2.05, 4.69) is 33.5 Å². The van der Waals surface area contributed by atoms with E-state index in [0.717, 1.165) is 28.1 Å². The Labute approximate surface area is 122 Å². The molecular weight excluding hydrogens is 264 g/mol. The molecule has 5 heteroatoms. The Balaban J connectivity index is 2.25. The van der Waals surface area contributed by atoms with Gasteiger partial charge in [0.15, 0.2) is 0 Å². The number of hydrogen-bond acceptors (Lipinski definition) is 4. The minimum absolute atomic E-state index is 0.158. The highest BCUT2D eigenvalue weighted by molar-refractivity contribution is 5.64. The lowest BCUT2D eigenvalue weighted by molar-refractivity contribution is 0.277. The molecule has 0 unspecified atom stereocenters. The first-order valence-electron chi connectivity index (χ1n) is 6.74. The molecule has 21 heavy (non-hydrogen) atoms. The van der Waals surface area contributed by atoms with E-state index >= 15 is 0 Å². The Morgan fingerprint density at radius 2 is 2.05 bits per heavy atom. The second kappa shape index (κ2) is 5.46. The number of aliphatic hydroxyl groups is 1. The number of nitrogens with zero attached hydrogens (tertiary/aromatic N) is 4. The number of hydrogen-bond donors (Lipinski definition) is 1. The van der Waals surface area contributed by atoms with Crippen molar-refractivity contribution in [3.8, 4) is 16.9 Å². The molecule has 0 radical (unpaired) electrons. The first-order valence-corrected chi connectivity index (χ1v) is 6.74. The molecule has 106 valence electrons. The van der Waals surface area contributed by atoms with Crippen LogP contribution in [0.1, 0.15) is 16.8 Å². The lowest BCUT2D eigenvalue weighted by atomic mass is 10.1. The second-order valence-corrected chi connectivity index (χ2v) is 4.99. The molecule has 0 aliphatic heterocycles. The summed E-state index contributed by atoms with van der Waals surface area (Å²) in [5, 5.41) is 17.8. The summed E-state index contributed by atoms with van der Waals surface area (Å²) < 4.78 is 1.77. The summed E-state index contributed by atoms with van der Waals surface area (Å²) in [4.78, 5) is 4.14. The van der Waals surface area contributed by atoms with Crippen molar-refractivity contribution in [1.82, 2.24) is 20.0 Å². The summed E-state index contributed by atoms with van der Waals surface area (Å²) in [5.74, 6) is 0. The van der Waals surface area contributed by atoms with Crippen molar-refractivity contribution in [3.05, 3.63) is 59.5 Å². The maximum Gasteiger partial charge on any atom is 0.117 e. The van der Waals surface area contributed by atoms with Gasteiger partial charge in [0.05, 0.1) is 12.3 Å². The van der Waals surface area contributed by atoms with Crippen LogP contribution in [-0.2, 0) is 6.61 Å². The van der Waals surface area contributed by atoms with Crippen molar-refractivity contribution in [2.24, 2.45) is 0 Å². The highest BCUT2D eigenvalue weighted by Gasteiger charge is 2.17. The molecule has 1 N–H and O–H groups in total. The van der Waals surface area contributed by atoms with E-state index in [9.17, 15) is 5.11 Å². The molecule has 2 heterocycles. The number of aryl methyl sites for hydroxylation is 2. The zero-order valence-electron chi connectivity index (χ0n) is 12.0. The monoisotopic (exact) mass is 280 g/mol. The van der Waals surface area contributed by atoms with Crippen molar-refractivity contribution < 1.29 is 5.11 Å². The van der Waals surface area contributed by atoms with E-state index in [1.54, 1.807) is 17.1 Å². The van der Waals surface area contributed by atoms with Crippen molar-refractivity contribution >= 4 is 0 Å². The van der Waals surface area contributed by atoms with E-state index < -0.39 is 0 Å². The van der Waals surface area contributed by atoms with Crippen LogP contribution >= 0.6 is 0 Å². The van der Waals surface area contributed by atoms with Gasteiger partial charge in [0, 0.05) is 18.0 Å². The summed E-state index contributed by atoms with van der Waals surface area (Å²) in [6.45, 7) is 3.91. The molecular formula is C16H16N4O. The number of rotatable bonds is 3. The summed E-state index contributed by atoms with van der Waals surface area (Å²) in [5.41, 5.74) is 5.41. The van der Waals surface area contributed by atoms with Gasteiger partial charge in [0.25, 0.3) is 0 Å². The van der Waals surface area contributed by atoms with Crippen LogP contribution in [0.2, 0.25) is 0 Å². The second-order valence-electron chi connectivity index (χ2n) is 4.99. The standard InChI is InChI=1S/C16H16N4O/c1-11-5-6-12(2)15(8-11)20-16(14(10-21)18-19-20)13-4-3-7-17-9-13/h3-9,21H,10H2,1-2H3. The molecule has 0 saturated carbocycles. The Kier molecular flexibility index (Phi) is 3.50. The van der Waals surface area contributed by atoms with Gasteiger partial charge in [-0.1, -0.05) is 17.3 Å². The third-order valence-electron chi connectivity index (χ3n) is 3.42. The Morgan fingerprint density at radius 3 is 2.76 bits per heavy atom. The van der Waals surface area contributed by atoms with Gasteiger partial charge in [-0.3, -0.25) is 4.98 Å². The molecule has 0 aliphatic carbocycles. The van der Waals surface area contributed by atoms with Crippen LogP contribution < -0.4 is 0 Å². The van der Waals surface area contributed by atoms with Gasteiger partial charge in [-0.05, 0) is 43.2 Å². The fourth-order valence-corrected chi connectivity index (χ4v) is 2.33. The summed E-state index contributed by atoms with van der Waals surface area (Å²) in [6.07, 6.45) is 3.47. The van der Waals surface area contributed by atoms with Crippen LogP contribution in [0.25, 0.3) is 16.9 Å². The highest BCUT2D eigenvalue weighted by atomic mass is 16.3. The van der Waals surface area contributed by atoms with E-state index in [0.29, 0.717) is 5.69 Å². The first kappa shape index (κ1) is 13.5. The van der Waals surface area contributed by atoms with Crippen molar-refractivity contribution in [1.29, 1.82) is 0 Å². The fourth-order valence-electron chi connectivity index (χ4n) is 2.33. The van der Waals surface area contributed by atoms with Gasteiger partial charge < -0.3 is 5.11 Å². The first-order chi connectivity index (χ1) is 10.2. The van der Waals surface area contributed by atoms with Gasteiger partial charge in [-0.15, -0.1) is 5.10 Å². The van der Waals surface area contributed by atoms with Gasteiger partial charge in [0.1, 0.15) is 11.4 Å². The molecule has 0 saturated heterocycles. The van der Waals surface area contributed by atoms with Crippen molar-refractivity contribution in [3.63, 3.8) is 0 Å². The van der Waals surface area contributed by atoms with Crippen LogP contribution in [0.3, 0.4) is 0 Å². The van der Waals surface area contributed by atoms with Gasteiger partial charge in [-0.25, -0.2) is 4.68 Å². The summed E-state index contributed by atoms with van der Waals surface area (Å²) in [7, 11) is 0. The zero-order chi connectivity index (χ0) is 14.8. The quantitative estimate of drug-likeness (QED) is 0.800. The van der Waals surface area contributed by atoms with Gasteiger partial charge in [-0.2, -0.15) is 0 Å². The van der Waals surface area contributed by atoms with Crippen molar-refractivity contribution in [2.75, 3.05) is 0 Å². The lowest BCUT2D eigenvalue weighted by Crippen LogP contribution is -2.03. The Morgan fingerprint density at radius 1 is 1.19 bits per heavy atom. The molecule has 0 bridgehead atoms. The molecule has 5 nitrogen and oxygen atoms in total. The Hall–Kier alpha value is -2.53. The third kappa shape index (κ3) is 2.43. The molecule has 1 aromatic carbocycles. The smallest absolute Gasteiger partial charge is 0.117 e. The maximum atomic E-state index is 9.53. The van der Waals surface area contributed by atoms with Crippen LogP contribution in [0.4, 0.5) is 0 Å². The number of pyridine rings is 1. The van der Waals surface area contributed by atoms with Gasteiger partial charge >= 0.3 is 0 Å². The Bertz CT molecular complexity index is 765. The molecule has 3 rings (SSSR count). The molecule has 0 atom stereocenters. The van der Waals surface area contributed by atoms with E-state index in [1.807, 2.05) is 26.0 Å². The van der Waals surface area contributed by atoms with Crippen molar-refractivity contribution in [2.45, 2.75) is 20.5 Å². The molecule has 0 aliphatic rings. The number of aliphatic hydroxyl groups excluding tert-OH is 1.